The van der Waals surface area contributed by atoms with Crippen molar-refractivity contribution in [3.63, 3.8) is 0 Å². The van der Waals surface area contributed by atoms with Crippen LogP contribution >= 0.6 is 11.6 Å². The van der Waals surface area contributed by atoms with Crippen molar-refractivity contribution in [1.82, 2.24) is 0 Å². The van der Waals surface area contributed by atoms with Crippen molar-refractivity contribution in [3.8, 4) is 11.8 Å². The van der Waals surface area contributed by atoms with E-state index in [1.54, 1.807) is 7.11 Å². The summed E-state index contributed by atoms with van der Waals surface area (Å²) >= 11 is 5.94. The van der Waals surface area contributed by atoms with E-state index in [-0.39, 0.29) is 0 Å². The Morgan fingerprint density at radius 3 is 2.73 bits per heavy atom. The van der Waals surface area contributed by atoms with E-state index in [0.717, 1.165) is 12.8 Å². The van der Waals surface area contributed by atoms with E-state index in [1.165, 1.54) is 5.56 Å². The van der Waals surface area contributed by atoms with Crippen molar-refractivity contribution in [2.45, 2.75) is 24.1 Å². The molecule has 3 heteroatoms. The third-order valence-corrected chi connectivity index (χ3v) is 3.25. The third-order valence-electron chi connectivity index (χ3n) is 2.90. The van der Waals surface area contributed by atoms with E-state index in [0.29, 0.717) is 22.6 Å². The number of benzene rings is 1. The van der Waals surface area contributed by atoms with Gasteiger partial charge in [-0.25, -0.2) is 0 Å². The summed E-state index contributed by atoms with van der Waals surface area (Å²) in [6, 6.07) is 7.87. The molecule has 15 heavy (non-hydrogen) atoms. The van der Waals surface area contributed by atoms with Crippen LogP contribution in [0.15, 0.2) is 18.2 Å². The first kappa shape index (κ1) is 10.3. The van der Waals surface area contributed by atoms with Crippen LogP contribution in [0.1, 0.15) is 29.9 Å². The molecule has 1 aliphatic rings. The second kappa shape index (κ2) is 4.12. The van der Waals surface area contributed by atoms with E-state index >= 15 is 0 Å². The van der Waals surface area contributed by atoms with E-state index < -0.39 is 0 Å². The van der Waals surface area contributed by atoms with Gasteiger partial charge in [0.05, 0.1) is 12.7 Å². The van der Waals surface area contributed by atoms with Crippen LogP contribution < -0.4 is 4.74 Å². The molecule has 1 fully saturated rings. The zero-order chi connectivity index (χ0) is 10.8. The maximum atomic E-state index is 8.84. The van der Waals surface area contributed by atoms with Crippen LogP contribution in [0.25, 0.3) is 0 Å². The van der Waals surface area contributed by atoms with Gasteiger partial charge in [0.25, 0.3) is 0 Å². The molecule has 0 heterocycles. The predicted octanol–water partition coefficient (Wildman–Crippen LogP) is 3.05. The Morgan fingerprint density at radius 2 is 2.20 bits per heavy atom. The van der Waals surface area contributed by atoms with Gasteiger partial charge in [0, 0.05) is 5.38 Å². The number of halogens is 1. The van der Waals surface area contributed by atoms with Gasteiger partial charge in [-0.3, -0.25) is 0 Å². The first-order valence-corrected chi connectivity index (χ1v) is 5.40. The molecule has 78 valence electrons. The summed E-state index contributed by atoms with van der Waals surface area (Å²) < 4.78 is 5.17. The van der Waals surface area contributed by atoms with Gasteiger partial charge in [-0.15, -0.1) is 11.6 Å². The average molecular weight is 222 g/mol. The normalized spacial score (nSPS) is 24.1. The number of nitrogens with zero attached hydrogens (tertiary/aromatic N) is 1. The van der Waals surface area contributed by atoms with Gasteiger partial charge in [-0.2, -0.15) is 5.26 Å². The van der Waals surface area contributed by atoms with Gasteiger partial charge in [0.15, 0.2) is 0 Å². The number of hydrogen-bond donors (Lipinski definition) is 0. The van der Waals surface area contributed by atoms with Crippen LogP contribution in [0.2, 0.25) is 0 Å². The van der Waals surface area contributed by atoms with Crippen LogP contribution in [0.3, 0.4) is 0 Å². The summed E-state index contributed by atoms with van der Waals surface area (Å²) in [4.78, 5) is 0. The van der Waals surface area contributed by atoms with Crippen molar-refractivity contribution >= 4 is 11.6 Å². The first-order valence-electron chi connectivity index (χ1n) is 4.96. The molecule has 0 saturated heterocycles. The van der Waals surface area contributed by atoms with Crippen LogP contribution in [0.5, 0.6) is 5.75 Å². The number of ether oxygens (including phenoxy) is 1. The molecule has 1 aliphatic carbocycles. The van der Waals surface area contributed by atoms with Crippen LogP contribution in [-0.4, -0.2) is 12.5 Å². The van der Waals surface area contributed by atoms with Crippen LogP contribution in [0, 0.1) is 11.3 Å². The molecule has 2 nitrogen and oxygen atoms in total. The van der Waals surface area contributed by atoms with Crippen molar-refractivity contribution in [2.75, 3.05) is 7.11 Å². The summed E-state index contributed by atoms with van der Waals surface area (Å²) in [5.41, 5.74) is 1.81. The topological polar surface area (TPSA) is 33.0 Å². The smallest absolute Gasteiger partial charge is 0.136 e. The number of rotatable bonds is 2. The lowest BCUT2D eigenvalue weighted by Crippen LogP contribution is -2.21. The van der Waals surface area contributed by atoms with Gasteiger partial charge >= 0.3 is 0 Å². The van der Waals surface area contributed by atoms with Crippen molar-refractivity contribution in [3.05, 3.63) is 29.3 Å². The lowest BCUT2D eigenvalue weighted by atomic mass is 9.79. The Balaban J connectivity index is 2.24. The Morgan fingerprint density at radius 1 is 1.47 bits per heavy atom. The predicted molar refractivity (Wildman–Crippen MR) is 59.3 cm³/mol. The lowest BCUT2D eigenvalue weighted by molar-refractivity contribution is 0.404. The summed E-state index contributed by atoms with van der Waals surface area (Å²) in [6.45, 7) is 0. The molecular weight excluding hydrogens is 210 g/mol. The number of methoxy groups -OCH3 is 1. The minimum atomic E-state index is 0.316. The monoisotopic (exact) mass is 221 g/mol. The zero-order valence-corrected chi connectivity index (χ0v) is 9.29. The molecule has 0 spiro atoms. The fourth-order valence-corrected chi connectivity index (χ4v) is 2.30. The summed E-state index contributed by atoms with van der Waals surface area (Å²) in [6.07, 6.45) is 2.05. The molecule has 0 bridgehead atoms. The van der Waals surface area contributed by atoms with Crippen molar-refractivity contribution in [2.24, 2.45) is 0 Å². The van der Waals surface area contributed by atoms with E-state index in [1.807, 2.05) is 18.2 Å². The minimum Gasteiger partial charge on any atom is -0.495 e. The Kier molecular flexibility index (Phi) is 2.83. The Bertz CT molecular complexity index is 405. The second-order valence-corrected chi connectivity index (χ2v) is 4.45. The second-order valence-electron chi connectivity index (χ2n) is 3.84. The highest BCUT2D eigenvalue weighted by molar-refractivity contribution is 6.21. The first-order chi connectivity index (χ1) is 7.24. The van der Waals surface area contributed by atoms with E-state index in [2.05, 4.69) is 6.07 Å². The Hall–Kier alpha value is -1.20. The molecule has 0 radical (unpaired) electrons. The summed E-state index contributed by atoms with van der Waals surface area (Å²) in [7, 11) is 1.59. The molecule has 2 rings (SSSR count). The van der Waals surface area contributed by atoms with Crippen LogP contribution in [0.4, 0.5) is 0 Å². The summed E-state index contributed by atoms with van der Waals surface area (Å²) in [5.74, 6) is 1.20. The molecule has 0 aromatic heterocycles. The maximum absolute atomic E-state index is 8.84. The highest BCUT2D eigenvalue weighted by Gasteiger charge is 2.28. The number of alkyl halides is 1. The van der Waals surface area contributed by atoms with Crippen LogP contribution in [-0.2, 0) is 0 Å². The highest BCUT2D eigenvalue weighted by atomic mass is 35.5. The van der Waals surface area contributed by atoms with Crippen molar-refractivity contribution in [1.29, 1.82) is 5.26 Å². The fourth-order valence-electron chi connectivity index (χ4n) is 1.87. The standard InChI is InChI=1S/C12H12ClNO/c1-15-12-6-8(2-3-9(12)7-14)10-4-11(13)5-10/h2-3,6,10-11H,4-5H2,1H3. The molecule has 0 N–H and O–H groups in total. The zero-order valence-electron chi connectivity index (χ0n) is 8.53. The lowest BCUT2D eigenvalue weighted by Gasteiger charge is -2.31. The van der Waals surface area contributed by atoms with Gasteiger partial charge in [-0.05, 0) is 36.5 Å². The molecule has 1 aromatic carbocycles. The summed E-state index contributed by atoms with van der Waals surface area (Å²) in [5, 5.41) is 9.16. The van der Waals surface area contributed by atoms with Gasteiger partial charge < -0.3 is 4.74 Å². The molecule has 1 aromatic rings. The molecular formula is C12H12ClNO. The van der Waals surface area contributed by atoms with Gasteiger partial charge in [0.2, 0.25) is 0 Å². The molecule has 1 saturated carbocycles. The highest BCUT2D eigenvalue weighted by Crippen LogP contribution is 2.41. The molecule has 0 amide bonds. The molecule has 0 unspecified atom stereocenters. The SMILES string of the molecule is COc1cc(C2CC(Cl)C2)ccc1C#N. The fraction of sp³-hybridized carbons (Fsp3) is 0.417. The molecule has 0 atom stereocenters. The van der Waals surface area contributed by atoms with Gasteiger partial charge in [-0.1, -0.05) is 6.07 Å². The van der Waals surface area contributed by atoms with Gasteiger partial charge in [0.1, 0.15) is 11.8 Å². The Labute approximate surface area is 94.4 Å². The number of hydrogen-bond acceptors (Lipinski definition) is 2. The van der Waals surface area contributed by atoms with Crippen molar-refractivity contribution < 1.29 is 4.74 Å². The van der Waals surface area contributed by atoms with E-state index in [4.69, 9.17) is 21.6 Å². The van der Waals surface area contributed by atoms with E-state index in [9.17, 15) is 0 Å². The largest absolute Gasteiger partial charge is 0.495 e. The molecule has 0 aliphatic heterocycles. The quantitative estimate of drug-likeness (QED) is 0.720. The third kappa shape index (κ3) is 1.93. The minimum absolute atomic E-state index is 0.316. The maximum Gasteiger partial charge on any atom is 0.136 e. The average Bonchev–Trinajstić information content (AvgIpc) is 2.24. The number of nitriles is 1.